The summed E-state index contributed by atoms with van der Waals surface area (Å²) in [6.07, 6.45) is 7.06. The number of ether oxygens (including phenoxy) is 2. The first-order valence-corrected chi connectivity index (χ1v) is 9.76. The zero-order valence-electron chi connectivity index (χ0n) is 15.6. The normalized spacial score (nSPS) is 41.8. The van der Waals surface area contributed by atoms with E-state index in [-0.39, 0.29) is 5.41 Å². The highest BCUT2D eigenvalue weighted by atomic mass is 16.5. The first kappa shape index (κ1) is 16.6. The number of rotatable bonds is 4. The maximum absolute atomic E-state index is 5.97. The van der Waals surface area contributed by atoms with Crippen molar-refractivity contribution in [3.05, 3.63) is 0 Å². The molecule has 1 saturated heterocycles. The maximum Gasteiger partial charge on any atom is 0.191 e. The largest absolute Gasteiger partial charge is 0.378 e. The van der Waals surface area contributed by atoms with Gasteiger partial charge in [-0.3, -0.25) is 4.99 Å². The molecule has 1 aliphatic heterocycles. The summed E-state index contributed by atoms with van der Waals surface area (Å²) in [7, 11) is 1.88. The van der Waals surface area contributed by atoms with Crippen LogP contribution in [0.2, 0.25) is 0 Å². The summed E-state index contributed by atoms with van der Waals surface area (Å²) in [5.41, 5.74) is 0.544. The van der Waals surface area contributed by atoms with Crippen LogP contribution in [0.25, 0.3) is 0 Å². The molecule has 5 unspecified atom stereocenters. The highest BCUT2D eigenvalue weighted by Crippen LogP contribution is 2.57. The molecule has 0 bridgehead atoms. The van der Waals surface area contributed by atoms with E-state index in [1.165, 1.54) is 25.7 Å². The molecule has 0 aromatic rings. The van der Waals surface area contributed by atoms with Crippen molar-refractivity contribution in [1.29, 1.82) is 0 Å². The Morgan fingerprint density at radius 1 is 1.29 bits per heavy atom. The summed E-state index contributed by atoms with van der Waals surface area (Å²) in [5.74, 6) is 1.60. The summed E-state index contributed by atoms with van der Waals surface area (Å²) in [4.78, 5) is 4.52. The quantitative estimate of drug-likeness (QED) is 0.611. The third kappa shape index (κ3) is 2.23. The van der Waals surface area contributed by atoms with Crippen LogP contribution in [0.5, 0.6) is 0 Å². The second-order valence-corrected chi connectivity index (χ2v) is 8.72. The monoisotopic (exact) mass is 335 g/mol. The van der Waals surface area contributed by atoms with Crippen LogP contribution in [0.15, 0.2) is 4.99 Å². The Balaban J connectivity index is 1.38. The van der Waals surface area contributed by atoms with Gasteiger partial charge in [-0.25, -0.2) is 0 Å². The number of nitrogens with zero attached hydrogens (tertiary/aromatic N) is 1. The highest BCUT2D eigenvalue weighted by Gasteiger charge is 2.61. The van der Waals surface area contributed by atoms with E-state index in [4.69, 9.17) is 9.47 Å². The molecule has 3 aliphatic carbocycles. The number of fused-ring (bicyclic) bond motifs is 1. The molecule has 24 heavy (non-hydrogen) atoms. The molecule has 4 fully saturated rings. The van der Waals surface area contributed by atoms with Crippen molar-refractivity contribution in [3.8, 4) is 0 Å². The molecule has 5 atom stereocenters. The minimum atomic E-state index is 0.181. The zero-order valence-corrected chi connectivity index (χ0v) is 15.6. The molecule has 136 valence electrons. The van der Waals surface area contributed by atoms with E-state index in [1.54, 1.807) is 0 Å². The predicted molar refractivity (Wildman–Crippen MR) is 95.1 cm³/mol. The molecule has 2 N–H and O–H groups in total. The molecule has 5 heteroatoms. The van der Waals surface area contributed by atoms with Crippen molar-refractivity contribution in [2.24, 2.45) is 21.7 Å². The average molecular weight is 335 g/mol. The second-order valence-electron chi connectivity index (χ2n) is 8.72. The fraction of sp³-hybridized carbons (Fsp3) is 0.947. The fourth-order valence-electron chi connectivity index (χ4n) is 5.74. The standard InChI is InChI=1S/C19H33N3O2/c1-5-23-14-11-13(19(14)8-6-9-19)21-17(20-4)22-15-12-7-10-24-16(12)18(15,2)3/h12-16H,5-11H2,1-4H3,(H2,20,21,22). The minimum Gasteiger partial charge on any atom is -0.378 e. The van der Waals surface area contributed by atoms with Gasteiger partial charge in [0.25, 0.3) is 0 Å². The van der Waals surface area contributed by atoms with Crippen molar-refractivity contribution < 1.29 is 9.47 Å². The van der Waals surface area contributed by atoms with Gasteiger partial charge in [-0.1, -0.05) is 20.3 Å². The van der Waals surface area contributed by atoms with Gasteiger partial charge < -0.3 is 20.1 Å². The fourth-order valence-corrected chi connectivity index (χ4v) is 5.74. The van der Waals surface area contributed by atoms with Gasteiger partial charge in [0.1, 0.15) is 0 Å². The molecule has 0 amide bonds. The Bertz CT molecular complexity index is 515. The van der Waals surface area contributed by atoms with E-state index in [0.29, 0.717) is 35.6 Å². The molecule has 4 aliphatic rings. The lowest BCUT2D eigenvalue weighted by Gasteiger charge is -2.61. The Labute approximate surface area is 146 Å². The summed E-state index contributed by atoms with van der Waals surface area (Å²) in [5, 5.41) is 7.43. The Hall–Kier alpha value is -0.810. The van der Waals surface area contributed by atoms with Crippen LogP contribution < -0.4 is 10.6 Å². The second kappa shape index (κ2) is 5.87. The van der Waals surface area contributed by atoms with E-state index in [0.717, 1.165) is 25.6 Å². The van der Waals surface area contributed by atoms with Crippen molar-refractivity contribution in [2.45, 2.75) is 77.2 Å². The molecule has 3 saturated carbocycles. The van der Waals surface area contributed by atoms with Gasteiger partial charge >= 0.3 is 0 Å². The van der Waals surface area contributed by atoms with Gasteiger partial charge in [-0.15, -0.1) is 0 Å². The number of guanidine groups is 1. The number of hydrogen-bond acceptors (Lipinski definition) is 3. The Morgan fingerprint density at radius 2 is 2.08 bits per heavy atom. The first-order valence-electron chi connectivity index (χ1n) is 9.76. The van der Waals surface area contributed by atoms with Crippen LogP contribution >= 0.6 is 0 Å². The lowest BCUT2D eigenvalue weighted by atomic mass is 9.51. The number of aliphatic imine (C=N–C) groups is 1. The van der Waals surface area contributed by atoms with Crippen LogP contribution in [-0.2, 0) is 9.47 Å². The molecule has 1 heterocycles. The molecular weight excluding hydrogens is 302 g/mol. The summed E-state index contributed by atoms with van der Waals surface area (Å²) < 4.78 is 11.9. The lowest BCUT2D eigenvalue weighted by Crippen LogP contribution is -2.72. The van der Waals surface area contributed by atoms with E-state index in [9.17, 15) is 0 Å². The minimum absolute atomic E-state index is 0.181. The molecule has 5 nitrogen and oxygen atoms in total. The molecule has 4 rings (SSSR count). The third-order valence-electron chi connectivity index (χ3n) is 7.36. The van der Waals surface area contributed by atoms with E-state index in [1.807, 2.05) is 7.05 Å². The van der Waals surface area contributed by atoms with Crippen LogP contribution in [-0.4, -0.2) is 50.5 Å². The van der Waals surface area contributed by atoms with Gasteiger partial charge in [0, 0.05) is 49.1 Å². The van der Waals surface area contributed by atoms with Crippen LogP contribution in [0.1, 0.15) is 52.9 Å². The van der Waals surface area contributed by atoms with Gasteiger partial charge in [-0.2, -0.15) is 0 Å². The highest BCUT2D eigenvalue weighted by molar-refractivity contribution is 5.81. The van der Waals surface area contributed by atoms with E-state index in [2.05, 4.69) is 36.4 Å². The van der Waals surface area contributed by atoms with Gasteiger partial charge in [-0.05, 0) is 32.6 Å². The molecule has 0 aromatic carbocycles. The summed E-state index contributed by atoms with van der Waals surface area (Å²) >= 11 is 0. The first-order chi connectivity index (χ1) is 11.5. The number of nitrogens with one attached hydrogen (secondary N) is 2. The molecular formula is C19H33N3O2. The van der Waals surface area contributed by atoms with Crippen molar-refractivity contribution >= 4 is 5.96 Å². The third-order valence-corrected chi connectivity index (χ3v) is 7.36. The Morgan fingerprint density at radius 3 is 2.71 bits per heavy atom. The molecule has 0 aromatic heterocycles. The maximum atomic E-state index is 5.97. The molecule has 0 radical (unpaired) electrons. The van der Waals surface area contributed by atoms with Crippen molar-refractivity contribution in [1.82, 2.24) is 10.6 Å². The van der Waals surface area contributed by atoms with E-state index >= 15 is 0 Å². The SMILES string of the molecule is CCOC1CC(NC(=NC)NC2C3CCOC3C2(C)C)C12CCC2. The average Bonchev–Trinajstić information content (AvgIpc) is 2.94. The molecule has 1 spiro atoms. The number of hydrogen-bond donors (Lipinski definition) is 2. The van der Waals surface area contributed by atoms with Crippen molar-refractivity contribution in [2.75, 3.05) is 20.3 Å². The van der Waals surface area contributed by atoms with Gasteiger partial charge in [0.05, 0.1) is 12.2 Å². The van der Waals surface area contributed by atoms with Crippen molar-refractivity contribution in [3.63, 3.8) is 0 Å². The van der Waals surface area contributed by atoms with Gasteiger partial charge in [0.15, 0.2) is 5.96 Å². The lowest BCUT2D eigenvalue weighted by molar-refractivity contribution is -0.168. The zero-order chi connectivity index (χ0) is 16.9. The predicted octanol–water partition coefficient (Wildman–Crippen LogP) is 2.31. The van der Waals surface area contributed by atoms with Crippen LogP contribution in [0, 0.1) is 16.7 Å². The summed E-state index contributed by atoms with van der Waals surface area (Å²) in [6, 6.07) is 0.962. The van der Waals surface area contributed by atoms with Gasteiger partial charge in [0.2, 0.25) is 0 Å². The van der Waals surface area contributed by atoms with Crippen LogP contribution in [0.3, 0.4) is 0 Å². The Kier molecular flexibility index (Phi) is 4.07. The topological polar surface area (TPSA) is 54.9 Å². The van der Waals surface area contributed by atoms with Crippen LogP contribution in [0.4, 0.5) is 0 Å². The smallest absolute Gasteiger partial charge is 0.191 e. The van der Waals surface area contributed by atoms with E-state index < -0.39 is 0 Å². The summed E-state index contributed by atoms with van der Waals surface area (Å²) in [6.45, 7) is 8.46.